The molecule has 0 spiro atoms. The minimum absolute atomic E-state index is 0.692. The number of nitrogens with two attached hydrogens (primary N) is 1. The van der Waals surface area contributed by atoms with Crippen molar-refractivity contribution in [2.75, 3.05) is 0 Å². The molecule has 0 bridgehead atoms. The third kappa shape index (κ3) is 1.88. The molecule has 7 heavy (non-hydrogen) atoms. The fraction of sp³-hybridized carbons (Fsp3) is 0.333. The van der Waals surface area contributed by atoms with E-state index < -0.39 is 11.8 Å². The summed E-state index contributed by atoms with van der Waals surface area (Å²) in [5.74, 6) is 2.60. The summed E-state index contributed by atoms with van der Waals surface area (Å²) in [6.07, 6.45) is 0. The maximum atomic E-state index is 9.82. The third-order valence-corrected chi connectivity index (χ3v) is 0.394. The monoisotopic (exact) mass is 103 g/mol. The number of hydrogen-bond donors (Lipinski definition) is 1. The summed E-state index contributed by atoms with van der Waals surface area (Å²) in [6, 6.07) is 0. The summed E-state index contributed by atoms with van der Waals surface area (Å²) in [4.78, 5) is 23.2. The van der Waals surface area contributed by atoms with E-state index in [1.54, 1.807) is 0 Å². The van der Waals surface area contributed by atoms with Gasteiger partial charge in [-0.15, -0.1) is 0 Å². The van der Waals surface area contributed by atoms with Crippen LogP contribution in [0.3, 0.4) is 0 Å². The Balaban J connectivity index is 3.58. The molecule has 0 aliphatic heterocycles. The van der Waals surface area contributed by atoms with Gasteiger partial charge in [-0.3, -0.25) is 4.79 Å². The molecule has 0 saturated heterocycles. The highest BCUT2D eigenvalue weighted by atomic mass is 16.7. The molecule has 0 atom stereocenters. The molecule has 40 valence electrons. The van der Waals surface area contributed by atoms with Crippen molar-refractivity contribution in [3.8, 4) is 0 Å². The van der Waals surface area contributed by atoms with Gasteiger partial charge in [0.15, 0.2) is 0 Å². The van der Waals surface area contributed by atoms with Gasteiger partial charge in [0.1, 0.15) is 0 Å². The van der Waals surface area contributed by atoms with E-state index >= 15 is 0 Å². The summed E-state index contributed by atoms with van der Waals surface area (Å²) in [6.45, 7) is 1.08. The van der Waals surface area contributed by atoms with Gasteiger partial charge in [0, 0.05) is 6.92 Å². The first-order valence-electron chi connectivity index (χ1n) is 1.60. The Labute approximate surface area is 40.2 Å². The van der Waals surface area contributed by atoms with Crippen molar-refractivity contribution >= 4 is 11.8 Å². The fourth-order valence-corrected chi connectivity index (χ4v) is 0.0830. The molecular formula is C3H5NO3. The Morgan fingerprint density at radius 2 is 2.00 bits per heavy atom. The fourth-order valence-electron chi connectivity index (χ4n) is 0.0830. The first-order chi connectivity index (χ1) is 3.18. The Morgan fingerprint density at radius 3 is 2.00 bits per heavy atom. The molecule has 4 heteroatoms. The van der Waals surface area contributed by atoms with Gasteiger partial charge in [-0.05, 0) is 0 Å². The second-order valence-corrected chi connectivity index (χ2v) is 0.961. The predicted octanol–water partition coefficient (Wildman–Crippen LogP) is -1.01. The molecule has 0 unspecified atom stereocenters. The van der Waals surface area contributed by atoms with E-state index in [0.29, 0.717) is 0 Å². The van der Waals surface area contributed by atoms with E-state index in [9.17, 15) is 9.59 Å². The summed E-state index contributed by atoms with van der Waals surface area (Å²) in [5.41, 5.74) is 0. The van der Waals surface area contributed by atoms with Crippen LogP contribution in [0.4, 0.5) is 0 Å². The number of carbonyl (C=O) groups is 2. The van der Waals surface area contributed by atoms with Crippen molar-refractivity contribution < 1.29 is 14.4 Å². The van der Waals surface area contributed by atoms with E-state index in [-0.39, 0.29) is 0 Å². The van der Waals surface area contributed by atoms with Crippen molar-refractivity contribution in [3.05, 3.63) is 0 Å². The lowest BCUT2D eigenvalue weighted by Gasteiger charge is -1.85. The summed E-state index contributed by atoms with van der Waals surface area (Å²) in [5, 5.41) is 0. The first kappa shape index (κ1) is 6.10. The highest BCUT2D eigenvalue weighted by Crippen LogP contribution is 1.69. The molecule has 0 aromatic rings. The number of rotatable bonds is 1. The smallest absolute Gasteiger partial charge is 0.367 e. The summed E-state index contributed by atoms with van der Waals surface area (Å²) < 4.78 is 0. The van der Waals surface area contributed by atoms with E-state index in [2.05, 4.69) is 10.7 Å². The predicted molar refractivity (Wildman–Crippen MR) is 21.0 cm³/mol. The molecule has 0 aliphatic rings. The Hall–Kier alpha value is -0.900. The zero-order valence-corrected chi connectivity index (χ0v) is 3.80. The number of hydrogen-bond acceptors (Lipinski definition) is 4. The van der Waals surface area contributed by atoms with Gasteiger partial charge < -0.3 is 4.84 Å². The molecule has 0 aliphatic carbocycles. The molecule has 0 fully saturated rings. The minimum atomic E-state index is -1.01. The summed E-state index contributed by atoms with van der Waals surface area (Å²) >= 11 is 0. The van der Waals surface area contributed by atoms with Gasteiger partial charge in [0.2, 0.25) is 5.78 Å². The second kappa shape index (κ2) is 2.30. The van der Waals surface area contributed by atoms with E-state index in [4.69, 9.17) is 0 Å². The standard InChI is InChI=1S/C3H5NO3/c1-2(5)3(6)7-4/h4H2,1H3. The van der Waals surface area contributed by atoms with Crippen LogP contribution in [0.15, 0.2) is 0 Å². The number of ketones is 1. The van der Waals surface area contributed by atoms with E-state index in [1.165, 1.54) is 0 Å². The van der Waals surface area contributed by atoms with Gasteiger partial charge in [-0.25, -0.2) is 4.79 Å². The van der Waals surface area contributed by atoms with E-state index in [1.807, 2.05) is 0 Å². The zero-order chi connectivity index (χ0) is 5.86. The quantitative estimate of drug-likeness (QED) is 0.341. The lowest BCUT2D eigenvalue weighted by Crippen LogP contribution is -2.17. The van der Waals surface area contributed by atoms with Crippen LogP contribution in [0.1, 0.15) is 6.92 Å². The molecular weight excluding hydrogens is 98.0 g/mol. The first-order valence-corrected chi connectivity index (χ1v) is 1.60. The molecule has 0 rings (SSSR count). The second-order valence-electron chi connectivity index (χ2n) is 0.961. The van der Waals surface area contributed by atoms with Crippen molar-refractivity contribution in [1.82, 2.24) is 0 Å². The van der Waals surface area contributed by atoms with Gasteiger partial charge >= 0.3 is 5.97 Å². The molecule has 0 aromatic carbocycles. The van der Waals surface area contributed by atoms with Gasteiger partial charge in [0.25, 0.3) is 0 Å². The zero-order valence-electron chi connectivity index (χ0n) is 3.80. The molecule has 0 amide bonds. The highest BCUT2D eigenvalue weighted by Gasteiger charge is 2.04. The van der Waals surface area contributed by atoms with Crippen LogP contribution in [-0.2, 0) is 14.4 Å². The molecule has 0 aromatic heterocycles. The average molecular weight is 103 g/mol. The minimum Gasteiger partial charge on any atom is -0.367 e. The van der Waals surface area contributed by atoms with Crippen LogP contribution in [0.2, 0.25) is 0 Å². The van der Waals surface area contributed by atoms with Gasteiger partial charge in [0.05, 0.1) is 0 Å². The number of carbonyl (C=O) groups excluding carboxylic acids is 2. The van der Waals surface area contributed by atoms with E-state index in [0.717, 1.165) is 6.92 Å². The summed E-state index contributed by atoms with van der Waals surface area (Å²) in [7, 11) is 0. The largest absolute Gasteiger partial charge is 0.392 e. The average Bonchev–Trinajstić information content (AvgIpc) is 1.65. The van der Waals surface area contributed by atoms with Crippen LogP contribution >= 0.6 is 0 Å². The van der Waals surface area contributed by atoms with Crippen molar-refractivity contribution in [1.29, 1.82) is 0 Å². The number of Topliss-reactive ketones (excluding diaryl/α,β-unsaturated/α-hetero) is 1. The maximum Gasteiger partial charge on any atom is 0.392 e. The van der Waals surface area contributed by atoms with Crippen molar-refractivity contribution in [2.24, 2.45) is 5.90 Å². The third-order valence-electron chi connectivity index (χ3n) is 0.394. The topological polar surface area (TPSA) is 69.4 Å². The molecule has 2 N–H and O–H groups in total. The van der Waals surface area contributed by atoms with Crippen LogP contribution in [0, 0.1) is 0 Å². The normalized spacial score (nSPS) is 7.71. The SMILES string of the molecule is CC(=O)C(=O)ON. The molecule has 0 heterocycles. The Bertz CT molecular complexity index is 98.4. The lowest BCUT2D eigenvalue weighted by atomic mass is 10.5. The van der Waals surface area contributed by atoms with Crippen LogP contribution in [0.5, 0.6) is 0 Å². The van der Waals surface area contributed by atoms with Crippen molar-refractivity contribution in [3.63, 3.8) is 0 Å². The molecule has 4 nitrogen and oxygen atoms in total. The lowest BCUT2D eigenvalue weighted by molar-refractivity contribution is -0.153. The van der Waals surface area contributed by atoms with Crippen LogP contribution < -0.4 is 5.90 Å². The van der Waals surface area contributed by atoms with Crippen LogP contribution in [-0.4, -0.2) is 11.8 Å². The van der Waals surface area contributed by atoms with Crippen molar-refractivity contribution in [2.45, 2.75) is 6.92 Å². The molecule has 0 radical (unpaired) electrons. The Kier molecular flexibility index (Phi) is 2.01. The van der Waals surface area contributed by atoms with Gasteiger partial charge in [-0.2, -0.15) is 5.90 Å². The Morgan fingerprint density at radius 1 is 1.57 bits per heavy atom. The maximum absolute atomic E-state index is 9.82. The molecule has 0 saturated carbocycles. The van der Waals surface area contributed by atoms with Gasteiger partial charge in [-0.1, -0.05) is 0 Å². The van der Waals surface area contributed by atoms with Crippen LogP contribution in [0.25, 0.3) is 0 Å². The highest BCUT2D eigenvalue weighted by molar-refractivity contribution is 6.32.